The summed E-state index contributed by atoms with van der Waals surface area (Å²) in [5, 5.41) is 0. The molecule has 0 aliphatic rings. The first-order chi connectivity index (χ1) is 15.6. The summed E-state index contributed by atoms with van der Waals surface area (Å²) in [6.07, 6.45) is 5.54. The van der Waals surface area contributed by atoms with Gasteiger partial charge in [-0.3, -0.25) is 24.0 Å². The zero-order chi connectivity index (χ0) is 24.6. The molecule has 2 heterocycles. The number of hydrogen-bond acceptors (Lipinski definition) is 7. The van der Waals surface area contributed by atoms with Crippen LogP contribution in [0.3, 0.4) is 0 Å². The first-order valence-electron chi connectivity index (χ1n) is 11.1. The van der Waals surface area contributed by atoms with E-state index >= 15 is 0 Å². The van der Waals surface area contributed by atoms with Crippen LogP contribution in [0.25, 0.3) is 0 Å². The minimum absolute atomic E-state index is 0.0134. The van der Waals surface area contributed by atoms with Gasteiger partial charge in [-0.25, -0.2) is 17.9 Å². The zero-order valence-corrected chi connectivity index (χ0v) is 21.0. The summed E-state index contributed by atoms with van der Waals surface area (Å²) in [5.41, 5.74) is 4.95. The van der Waals surface area contributed by atoms with Crippen molar-refractivity contribution in [2.45, 2.75) is 58.9 Å². The molecule has 184 valence electrons. The molecule has 10 nitrogen and oxygen atoms in total. The number of aromatic amines is 1. The standard InChI is InChI=1S/C21H33N5O5S2/c1-4-6-8-14-25(17-18(22)26(13-7-5-2)21(29)24-19(17)27)20(28)16-10-9-15(32-16)11-12-23-33(3,30)31/h9-10,23H,4-8,11-14,22H2,1-3H3,(H,24,27,29). The predicted octanol–water partition coefficient (Wildman–Crippen LogP) is 1.91. The summed E-state index contributed by atoms with van der Waals surface area (Å²) < 4.78 is 26.2. The molecule has 2 rings (SSSR count). The van der Waals surface area contributed by atoms with Gasteiger partial charge in [0.15, 0.2) is 5.69 Å². The van der Waals surface area contributed by atoms with Crippen LogP contribution in [0, 0.1) is 0 Å². The van der Waals surface area contributed by atoms with Gasteiger partial charge in [-0.05, 0) is 31.4 Å². The number of thiophene rings is 1. The maximum atomic E-state index is 13.4. The van der Waals surface area contributed by atoms with E-state index in [9.17, 15) is 22.8 Å². The van der Waals surface area contributed by atoms with Crippen molar-refractivity contribution in [3.05, 3.63) is 42.7 Å². The van der Waals surface area contributed by atoms with Crippen LogP contribution in [-0.4, -0.2) is 43.2 Å². The molecule has 0 atom stereocenters. The Morgan fingerprint density at radius 1 is 1.18 bits per heavy atom. The third kappa shape index (κ3) is 7.54. The van der Waals surface area contributed by atoms with Crippen molar-refractivity contribution in [2.75, 3.05) is 30.0 Å². The van der Waals surface area contributed by atoms with E-state index in [4.69, 9.17) is 5.73 Å². The van der Waals surface area contributed by atoms with Crippen LogP contribution >= 0.6 is 11.3 Å². The van der Waals surface area contributed by atoms with E-state index in [1.807, 2.05) is 13.8 Å². The summed E-state index contributed by atoms with van der Waals surface area (Å²) >= 11 is 1.24. The van der Waals surface area contributed by atoms with Gasteiger partial charge < -0.3 is 5.73 Å². The molecule has 12 heteroatoms. The quantitative estimate of drug-likeness (QED) is 0.359. The van der Waals surface area contributed by atoms with Crippen LogP contribution < -0.4 is 26.6 Å². The number of anilines is 2. The molecule has 0 aliphatic heterocycles. The Morgan fingerprint density at radius 2 is 1.88 bits per heavy atom. The second kappa shape index (κ2) is 12.1. The molecule has 2 aromatic rings. The van der Waals surface area contributed by atoms with E-state index in [-0.39, 0.29) is 30.5 Å². The Morgan fingerprint density at radius 3 is 2.52 bits per heavy atom. The number of nitrogen functional groups attached to an aromatic ring is 1. The fourth-order valence-corrected chi connectivity index (χ4v) is 4.76. The summed E-state index contributed by atoms with van der Waals surface area (Å²) in [6.45, 7) is 4.87. The topological polar surface area (TPSA) is 147 Å². The van der Waals surface area contributed by atoms with Crippen LogP contribution in [0.1, 0.15) is 60.5 Å². The number of carbonyl (C=O) groups is 1. The van der Waals surface area contributed by atoms with Gasteiger partial charge in [-0.1, -0.05) is 33.1 Å². The van der Waals surface area contributed by atoms with Crippen molar-refractivity contribution >= 4 is 38.8 Å². The molecule has 0 spiro atoms. The lowest BCUT2D eigenvalue weighted by Crippen LogP contribution is -2.41. The van der Waals surface area contributed by atoms with Crippen LogP contribution in [0.2, 0.25) is 0 Å². The number of unbranched alkanes of at least 4 members (excludes halogenated alkanes) is 3. The average Bonchev–Trinajstić information content (AvgIpc) is 3.20. The van der Waals surface area contributed by atoms with E-state index < -0.39 is 21.3 Å². The summed E-state index contributed by atoms with van der Waals surface area (Å²) in [7, 11) is -3.29. The van der Waals surface area contributed by atoms with Crippen LogP contribution in [0.15, 0.2) is 21.7 Å². The van der Waals surface area contributed by atoms with Gasteiger partial charge in [-0.15, -0.1) is 11.3 Å². The number of nitrogens with zero attached hydrogens (tertiary/aromatic N) is 2. The van der Waals surface area contributed by atoms with Gasteiger partial charge in [0.25, 0.3) is 11.5 Å². The van der Waals surface area contributed by atoms with Crippen molar-refractivity contribution in [3.63, 3.8) is 0 Å². The lowest BCUT2D eigenvalue weighted by Gasteiger charge is -2.24. The van der Waals surface area contributed by atoms with Crippen LogP contribution in [0.5, 0.6) is 0 Å². The molecule has 0 aromatic carbocycles. The summed E-state index contributed by atoms with van der Waals surface area (Å²) in [4.78, 5) is 43.4. The van der Waals surface area contributed by atoms with Gasteiger partial charge in [0, 0.05) is 24.5 Å². The SMILES string of the molecule is CCCCCN(C(=O)c1ccc(CCNS(C)(=O)=O)s1)c1c(N)n(CCCC)c(=O)[nH]c1=O. The van der Waals surface area contributed by atoms with Gasteiger partial charge in [0.05, 0.1) is 11.1 Å². The first kappa shape index (κ1) is 26.8. The number of hydrogen-bond donors (Lipinski definition) is 3. The lowest BCUT2D eigenvalue weighted by molar-refractivity contribution is 0.0990. The maximum absolute atomic E-state index is 13.4. The molecule has 0 bridgehead atoms. The number of amides is 1. The Bertz CT molecular complexity index is 1170. The third-order valence-electron chi connectivity index (χ3n) is 5.06. The highest BCUT2D eigenvalue weighted by molar-refractivity contribution is 7.88. The van der Waals surface area contributed by atoms with Crippen LogP contribution in [0.4, 0.5) is 11.5 Å². The van der Waals surface area contributed by atoms with Crippen LogP contribution in [-0.2, 0) is 23.0 Å². The molecule has 0 radical (unpaired) electrons. The molecule has 2 aromatic heterocycles. The van der Waals surface area contributed by atoms with Crippen molar-refractivity contribution in [3.8, 4) is 0 Å². The molecular formula is C21H33N5O5S2. The minimum atomic E-state index is -3.29. The Balaban J connectivity index is 2.38. The molecule has 0 fully saturated rings. The smallest absolute Gasteiger partial charge is 0.330 e. The van der Waals surface area contributed by atoms with Crippen molar-refractivity contribution in [1.82, 2.24) is 14.3 Å². The molecule has 33 heavy (non-hydrogen) atoms. The van der Waals surface area contributed by atoms with E-state index in [0.717, 1.165) is 30.4 Å². The molecule has 0 saturated heterocycles. The lowest BCUT2D eigenvalue weighted by atomic mass is 10.2. The Kier molecular flexibility index (Phi) is 9.87. The van der Waals surface area contributed by atoms with Crippen molar-refractivity contribution < 1.29 is 13.2 Å². The fraction of sp³-hybridized carbons (Fsp3) is 0.571. The van der Waals surface area contributed by atoms with Gasteiger partial charge in [-0.2, -0.15) is 0 Å². The number of sulfonamides is 1. The van der Waals surface area contributed by atoms with Crippen molar-refractivity contribution in [2.24, 2.45) is 0 Å². The first-order valence-corrected chi connectivity index (χ1v) is 13.8. The van der Waals surface area contributed by atoms with Gasteiger partial charge >= 0.3 is 5.69 Å². The molecule has 0 unspecified atom stereocenters. The number of carbonyl (C=O) groups excluding carboxylic acids is 1. The van der Waals surface area contributed by atoms with Gasteiger partial charge in [0.2, 0.25) is 10.0 Å². The number of aromatic nitrogens is 2. The third-order valence-corrected chi connectivity index (χ3v) is 6.92. The van der Waals surface area contributed by atoms with E-state index in [1.165, 1.54) is 20.8 Å². The molecule has 4 N–H and O–H groups in total. The molecule has 1 amide bonds. The second-order valence-electron chi connectivity index (χ2n) is 7.84. The van der Waals surface area contributed by atoms with Gasteiger partial charge in [0.1, 0.15) is 5.82 Å². The molecule has 0 saturated carbocycles. The molecule has 0 aliphatic carbocycles. The molecular weight excluding hydrogens is 466 g/mol. The number of H-pyrrole nitrogens is 1. The Labute approximate surface area is 197 Å². The Hall–Kier alpha value is -2.44. The average molecular weight is 500 g/mol. The van der Waals surface area contributed by atoms with Crippen molar-refractivity contribution in [1.29, 1.82) is 0 Å². The highest BCUT2D eigenvalue weighted by Gasteiger charge is 2.26. The second-order valence-corrected chi connectivity index (χ2v) is 10.8. The fourth-order valence-electron chi connectivity index (χ4n) is 3.33. The number of nitrogens with two attached hydrogens (primary N) is 1. The highest BCUT2D eigenvalue weighted by atomic mass is 32.2. The monoisotopic (exact) mass is 499 g/mol. The largest absolute Gasteiger partial charge is 0.383 e. The maximum Gasteiger partial charge on any atom is 0.330 e. The summed E-state index contributed by atoms with van der Waals surface area (Å²) in [6, 6.07) is 3.43. The number of nitrogens with one attached hydrogen (secondary N) is 2. The van der Waals surface area contributed by atoms with E-state index in [2.05, 4.69) is 9.71 Å². The highest BCUT2D eigenvalue weighted by Crippen LogP contribution is 2.24. The van der Waals surface area contributed by atoms with E-state index in [0.29, 0.717) is 30.7 Å². The zero-order valence-electron chi connectivity index (χ0n) is 19.3. The number of rotatable bonds is 13. The summed E-state index contributed by atoms with van der Waals surface area (Å²) in [5.74, 6) is -0.396. The normalized spacial score (nSPS) is 11.6. The van der Waals surface area contributed by atoms with E-state index in [1.54, 1.807) is 12.1 Å². The minimum Gasteiger partial charge on any atom is -0.383 e. The predicted molar refractivity (Wildman–Crippen MR) is 133 cm³/mol.